The summed E-state index contributed by atoms with van der Waals surface area (Å²) in [6.45, 7) is 3.84. The fourth-order valence-electron chi connectivity index (χ4n) is 5.00. The van der Waals surface area contributed by atoms with Gasteiger partial charge in [-0.1, -0.05) is 18.2 Å². The molecule has 2 aliphatic rings. The van der Waals surface area contributed by atoms with Crippen molar-refractivity contribution in [3.63, 3.8) is 0 Å². The minimum Gasteiger partial charge on any atom is -0.473 e. The Labute approximate surface area is 196 Å². The molecule has 3 heterocycles. The largest absolute Gasteiger partial charge is 0.473 e. The third-order valence-corrected chi connectivity index (χ3v) is 8.67. The van der Waals surface area contributed by atoms with Crippen molar-refractivity contribution in [2.45, 2.75) is 50.4 Å². The first kappa shape index (κ1) is 23.0. The van der Waals surface area contributed by atoms with E-state index in [2.05, 4.69) is 46.0 Å². The predicted molar refractivity (Wildman–Crippen MR) is 130 cm³/mol. The molecule has 2 N–H and O–H groups in total. The van der Waals surface area contributed by atoms with E-state index in [1.165, 1.54) is 68.2 Å². The Bertz CT molecular complexity index is 1050. The molecule has 5 rings (SSSR count). The normalized spacial score (nSPS) is 19.2. The molecule has 7 heteroatoms. The maximum Gasteiger partial charge on any atom is 0.414 e. The lowest BCUT2D eigenvalue weighted by Gasteiger charge is -2.33. The smallest absolute Gasteiger partial charge is 0.414 e. The second-order valence-electron chi connectivity index (χ2n) is 8.59. The van der Waals surface area contributed by atoms with E-state index in [4.69, 9.17) is 19.8 Å². The van der Waals surface area contributed by atoms with Gasteiger partial charge in [-0.15, -0.1) is 22.7 Å². The first-order valence-electron chi connectivity index (χ1n) is 11.2. The fourth-order valence-corrected chi connectivity index (χ4v) is 7.06. The zero-order valence-corrected chi connectivity index (χ0v) is 19.7. The van der Waals surface area contributed by atoms with E-state index in [1.54, 1.807) is 16.0 Å². The third-order valence-electron chi connectivity index (χ3n) is 6.69. The second-order valence-corrected chi connectivity index (χ2v) is 10.5. The lowest BCUT2D eigenvalue weighted by atomic mass is 9.85. The summed E-state index contributed by atoms with van der Waals surface area (Å²) in [5.74, 6) is -2.06. The molecule has 1 aromatic carbocycles. The number of likely N-dealkylation sites (tertiary alicyclic amines) is 1. The summed E-state index contributed by atoms with van der Waals surface area (Å²) >= 11 is 3.90. The zero-order chi connectivity index (χ0) is 22.5. The van der Waals surface area contributed by atoms with Crippen LogP contribution in [0.4, 0.5) is 0 Å². The lowest BCUT2D eigenvalue weighted by molar-refractivity contribution is -0.159. The van der Waals surface area contributed by atoms with Crippen LogP contribution in [0.3, 0.4) is 0 Å². The molecule has 1 aliphatic heterocycles. The molecule has 0 amide bonds. The van der Waals surface area contributed by atoms with Crippen molar-refractivity contribution in [1.82, 2.24) is 4.90 Å². The van der Waals surface area contributed by atoms with Crippen molar-refractivity contribution in [3.8, 4) is 0 Å². The lowest BCUT2D eigenvalue weighted by Crippen LogP contribution is -2.34. The van der Waals surface area contributed by atoms with Gasteiger partial charge in [0.1, 0.15) is 0 Å². The highest BCUT2D eigenvalue weighted by Gasteiger charge is 2.25. The van der Waals surface area contributed by atoms with Crippen molar-refractivity contribution >= 4 is 44.7 Å². The number of hydrogen-bond donors (Lipinski definition) is 2. The number of rotatable bonds is 4. The Hall–Kier alpha value is -2.22. The summed E-state index contributed by atoms with van der Waals surface area (Å²) < 4.78 is 1.45. The van der Waals surface area contributed by atoms with Crippen LogP contribution in [0.1, 0.15) is 59.9 Å². The monoisotopic (exact) mass is 471 g/mol. The Morgan fingerprint density at radius 1 is 0.969 bits per heavy atom. The molecule has 170 valence electrons. The van der Waals surface area contributed by atoms with E-state index in [1.807, 2.05) is 22.7 Å². The highest BCUT2D eigenvalue weighted by molar-refractivity contribution is 7.17. The van der Waals surface area contributed by atoms with E-state index < -0.39 is 11.9 Å². The molecular formula is C25H29NO4S2. The molecule has 0 spiro atoms. The summed E-state index contributed by atoms with van der Waals surface area (Å²) in [5, 5.41) is 21.0. The zero-order valence-electron chi connectivity index (χ0n) is 18.0. The summed E-state index contributed by atoms with van der Waals surface area (Å²) in [6.07, 6.45) is 8.13. The van der Waals surface area contributed by atoms with Crippen molar-refractivity contribution < 1.29 is 19.8 Å². The number of carboxylic acid groups (broad SMARTS) is 2. The molecule has 1 fully saturated rings. The number of carbonyl (C=O) groups is 2. The average Bonchev–Trinajstić information content (AvgIpc) is 3.46. The quantitative estimate of drug-likeness (QED) is 0.470. The Kier molecular flexibility index (Phi) is 7.60. The molecule has 1 saturated heterocycles. The van der Waals surface area contributed by atoms with Crippen LogP contribution in [0.25, 0.3) is 10.1 Å². The summed E-state index contributed by atoms with van der Waals surface area (Å²) in [6, 6.07) is 11.3. The predicted octanol–water partition coefficient (Wildman–Crippen LogP) is 5.81. The van der Waals surface area contributed by atoms with Gasteiger partial charge in [0.2, 0.25) is 0 Å². The first-order valence-corrected chi connectivity index (χ1v) is 13.0. The molecule has 1 aliphatic carbocycles. The van der Waals surface area contributed by atoms with Gasteiger partial charge in [0, 0.05) is 9.58 Å². The maximum atomic E-state index is 9.10. The number of thiophene rings is 2. The molecule has 0 bridgehead atoms. The molecule has 0 radical (unpaired) electrons. The maximum absolute atomic E-state index is 9.10. The van der Waals surface area contributed by atoms with Gasteiger partial charge in [0.25, 0.3) is 0 Å². The van der Waals surface area contributed by atoms with E-state index in [0.717, 1.165) is 11.8 Å². The first-order chi connectivity index (χ1) is 15.5. The third kappa shape index (κ3) is 5.39. The van der Waals surface area contributed by atoms with Gasteiger partial charge < -0.3 is 15.1 Å². The number of aryl methyl sites for hydroxylation is 1. The highest BCUT2D eigenvalue weighted by atomic mass is 32.1. The standard InChI is InChI=1S/C23H27NS2.C2H2O4/c1-2-6-23-20(5-1)21(16-26-23)18-9-13-24(14-10-18)12-8-17-4-3-7-22-19(17)11-15-25-22;3-1(4)2(5)6/h1-2,5-6,11,15-18H,3-4,7-10,12-14H2;(H,3,4)(H,5,6). The summed E-state index contributed by atoms with van der Waals surface area (Å²) in [7, 11) is 0. The van der Waals surface area contributed by atoms with Crippen molar-refractivity contribution in [2.75, 3.05) is 19.6 Å². The number of benzene rings is 1. The van der Waals surface area contributed by atoms with E-state index in [0.29, 0.717) is 0 Å². The molecule has 1 unspecified atom stereocenters. The number of nitrogens with zero attached hydrogens (tertiary/aromatic N) is 1. The van der Waals surface area contributed by atoms with Gasteiger partial charge in [-0.05, 0) is 109 Å². The molecule has 3 aromatic rings. The molecule has 0 saturated carbocycles. The van der Waals surface area contributed by atoms with E-state index in [9.17, 15) is 0 Å². The molecular weight excluding hydrogens is 442 g/mol. The molecule has 5 nitrogen and oxygen atoms in total. The number of hydrogen-bond acceptors (Lipinski definition) is 5. The van der Waals surface area contributed by atoms with Crippen LogP contribution in [0.15, 0.2) is 41.1 Å². The fraction of sp³-hybridized carbons (Fsp3) is 0.440. The van der Waals surface area contributed by atoms with Crippen molar-refractivity contribution in [3.05, 3.63) is 57.1 Å². The number of fused-ring (bicyclic) bond motifs is 2. The van der Waals surface area contributed by atoms with Gasteiger partial charge in [0.15, 0.2) is 0 Å². The van der Waals surface area contributed by atoms with Gasteiger partial charge in [-0.2, -0.15) is 0 Å². The SMILES string of the molecule is O=C(O)C(=O)O.c1ccc2c(C3CCN(CCC4CCCc5sccc54)CC3)csc2c1. The van der Waals surface area contributed by atoms with Crippen molar-refractivity contribution in [2.24, 2.45) is 0 Å². The second kappa shape index (κ2) is 10.6. The average molecular weight is 472 g/mol. The van der Waals surface area contributed by atoms with E-state index >= 15 is 0 Å². The van der Waals surface area contributed by atoms with Crippen LogP contribution in [-0.2, 0) is 16.0 Å². The van der Waals surface area contributed by atoms with Crippen molar-refractivity contribution in [1.29, 1.82) is 0 Å². The van der Waals surface area contributed by atoms with E-state index in [-0.39, 0.29) is 0 Å². The van der Waals surface area contributed by atoms with Gasteiger partial charge in [-0.25, -0.2) is 9.59 Å². The minimum atomic E-state index is -1.82. The van der Waals surface area contributed by atoms with Crippen LogP contribution in [0, 0.1) is 0 Å². The Morgan fingerprint density at radius 2 is 1.72 bits per heavy atom. The Morgan fingerprint density at radius 3 is 2.47 bits per heavy atom. The number of carboxylic acids is 2. The van der Waals surface area contributed by atoms with Crippen LogP contribution in [0.5, 0.6) is 0 Å². The van der Waals surface area contributed by atoms with Crippen LogP contribution >= 0.6 is 22.7 Å². The Balaban J connectivity index is 0.000000363. The van der Waals surface area contributed by atoms with Crippen LogP contribution in [0.2, 0.25) is 0 Å². The molecule has 2 aromatic heterocycles. The summed E-state index contributed by atoms with van der Waals surface area (Å²) in [4.78, 5) is 22.6. The summed E-state index contributed by atoms with van der Waals surface area (Å²) in [5.41, 5.74) is 3.29. The highest BCUT2D eigenvalue weighted by Crippen LogP contribution is 2.39. The van der Waals surface area contributed by atoms with Gasteiger partial charge in [0.05, 0.1) is 0 Å². The molecule has 32 heavy (non-hydrogen) atoms. The topological polar surface area (TPSA) is 77.8 Å². The van der Waals surface area contributed by atoms with Gasteiger partial charge >= 0.3 is 11.9 Å². The van der Waals surface area contributed by atoms with Gasteiger partial charge in [-0.3, -0.25) is 0 Å². The minimum absolute atomic E-state index is 0.764. The van der Waals surface area contributed by atoms with Crippen LogP contribution < -0.4 is 0 Å². The molecule has 1 atom stereocenters. The van der Waals surface area contributed by atoms with Crippen LogP contribution in [-0.4, -0.2) is 46.7 Å². The number of aliphatic carboxylic acids is 2. The number of piperidine rings is 1.